The lowest BCUT2D eigenvalue weighted by molar-refractivity contribution is -0.118. The van der Waals surface area contributed by atoms with Gasteiger partial charge in [-0.05, 0) is 71.0 Å². The van der Waals surface area contributed by atoms with Crippen LogP contribution in [0.3, 0.4) is 0 Å². The second-order valence-corrected chi connectivity index (χ2v) is 11.6. The summed E-state index contributed by atoms with van der Waals surface area (Å²) in [7, 11) is 0. The molecule has 1 aliphatic rings. The predicted molar refractivity (Wildman–Crippen MR) is 139 cm³/mol. The standard InChI is InChI=1S/C29H40N2O3/c1-20-14-16-31(17-15-20)27(33)21-8-11-23(12-9-21)30-26(32)19-34-25-13-10-22(28(2,3)4)18-24(25)29(5,6)7/h8-13,18,20H,14-17,19H2,1-7H3,(H,30,32). The molecule has 0 bridgehead atoms. The van der Waals surface area contributed by atoms with Gasteiger partial charge < -0.3 is 15.0 Å². The van der Waals surface area contributed by atoms with E-state index in [1.807, 2.05) is 11.0 Å². The highest BCUT2D eigenvalue weighted by molar-refractivity contribution is 5.96. The molecule has 0 aromatic heterocycles. The van der Waals surface area contributed by atoms with Crippen molar-refractivity contribution in [1.29, 1.82) is 0 Å². The highest BCUT2D eigenvalue weighted by Crippen LogP contribution is 2.35. The van der Waals surface area contributed by atoms with Gasteiger partial charge in [-0.3, -0.25) is 9.59 Å². The molecule has 184 valence electrons. The van der Waals surface area contributed by atoms with Crippen LogP contribution >= 0.6 is 0 Å². The summed E-state index contributed by atoms with van der Waals surface area (Å²) in [5, 5.41) is 2.87. The Hall–Kier alpha value is -2.82. The van der Waals surface area contributed by atoms with Crippen molar-refractivity contribution in [2.45, 2.75) is 72.1 Å². The van der Waals surface area contributed by atoms with Crippen LogP contribution in [-0.4, -0.2) is 36.4 Å². The highest BCUT2D eigenvalue weighted by Gasteiger charge is 2.24. The molecule has 2 aromatic carbocycles. The van der Waals surface area contributed by atoms with Crippen molar-refractivity contribution in [3.05, 3.63) is 59.2 Å². The first-order chi connectivity index (χ1) is 15.8. The Labute approximate surface area is 204 Å². The van der Waals surface area contributed by atoms with E-state index in [0.29, 0.717) is 17.2 Å². The Bertz CT molecular complexity index is 1010. The largest absolute Gasteiger partial charge is 0.483 e. The molecule has 0 atom stereocenters. The van der Waals surface area contributed by atoms with Crippen molar-refractivity contribution in [3.63, 3.8) is 0 Å². The molecule has 0 aliphatic carbocycles. The Morgan fingerprint density at radius 3 is 2.12 bits per heavy atom. The van der Waals surface area contributed by atoms with Gasteiger partial charge in [-0.15, -0.1) is 0 Å². The molecule has 1 N–H and O–H groups in total. The quantitative estimate of drug-likeness (QED) is 0.575. The monoisotopic (exact) mass is 464 g/mol. The van der Waals surface area contributed by atoms with Gasteiger partial charge in [0.1, 0.15) is 5.75 Å². The van der Waals surface area contributed by atoms with Crippen LogP contribution < -0.4 is 10.1 Å². The molecule has 0 spiro atoms. The number of amides is 2. The third-order valence-corrected chi connectivity index (χ3v) is 6.50. The van der Waals surface area contributed by atoms with E-state index in [0.717, 1.165) is 37.2 Å². The lowest BCUT2D eigenvalue weighted by Crippen LogP contribution is -2.37. The summed E-state index contributed by atoms with van der Waals surface area (Å²) in [6.45, 7) is 16.8. The average molecular weight is 465 g/mol. The molecule has 34 heavy (non-hydrogen) atoms. The van der Waals surface area contributed by atoms with Crippen molar-refractivity contribution in [2.24, 2.45) is 5.92 Å². The van der Waals surface area contributed by atoms with Crippen LogP contribution in [0.1, 0.15) is 82.8 Å². The first-order valence-electron chi connectivity index (χ1n) is 12.3. The van der Waals surface area contributed by atoms with E-state index in [1.54, 1.807) is 24.3 Å². The molecule has 0 saturated carbocycles. The summed E-state index contributed by atoms with van der Waals surface area (Å²) in [6.07, 6.45) is 2.10. The van der Waals surface area contributed by atoms with Gasteiger partial charge >= 0.3 is 0 Å². The zero-order valence-corrected chi connectivity index (χ0v) is 21.8. The first-order valence-corrected chi connectivity index (χ1v) is 12.3. The van der Waals surface area contributed by atoms with E-state index in [1.165, 1.54) is 5.56 Å². The van der Waals surface area contributed by atoms with Crippen LogP contribution in [0.25, 0.3) is 0 Å². The number of carbonyl (C=O) groups excluding carboxylic acids is 2. The van der Waals surface area contributed by atoms with Crippen molar-refractivity contribution < 1.29 is 14.3 Å². The van der Waals surface area contributed by atoms with E-state index in [2.05, 4.69) is 65.9 Å². The van der Waals surface area contributed by atoms with Gasteiger partial charge in [0.2, 0.25) is 0 Å². The van der Waals surface area contributed by atoms with E-state index >= 15 is 0 Å². The zero-order chi connectivity index (χ0) is 25.1. The maximum atomic E-state index is 12.7. The van der Waals surface area contributed by atoms with Gasteiger partial charge in [0, 0.05) is 24.3 Å². The molecule has 2 aromatic rings. The minimum Gasteiger partial charge on any atom is -0.483 e. The molecule has 1 saturated heterocycles. The number of benzene rings is 2. The molecule has 5 heteroatoms. The number of hydrogen-bond donors (Lipinski definition) is 1. The summed E-state index contributed by atoms with van der Waals surface area (Å²) in [5.74, 6) is 1.23. The van der Waals surface area contributed by atoms with Crippen LogP contribution in [0.2, 0.25) is 0 Å². The third kappa shape index (κ3) is 6.62. The van der Waals surface area contributed by atoms with Crippen molar-refractivity contribution in [1.82, 2.24) is 4.90 Å². The normalized spacial score (nSPS) is 15.2. The number of carbonyl (C=O) groups is 2. The fourth-order valence-electron chi connectivity index (χ4n) is 4.14. The minimum absolute atomic E-state index is 0.0376. The summed E-state index contributed by atoms with van der Waals surface area (Å²) in [6, 6.07) is 13.3. The molecule has 1 heterocycles. The summed E-state index contributed by atoms with van der Waals surface area (Å²) in [4.78, 5) is 27.2. The molecule has 3 rings (SSSR count). The number of likely N-dealkylation sites (tertiary alicyclic amines) is 1. The zero-order valence-electron chi connectivity index (χ0n) is 21.8. The van der Waals surface area contributed by atoms with E-state index in [-0.39, 0.29) is 29.3 Å². The molecule has 1 fully saturated rings. The Morgan fingerprint density at radius 1 is 0.941 bits per heavy atom. The van der Waals surface area contributed by atoms with E-state index < -0.39 is 0 Å². The summed E-state index contributed by atoms with van der Waals surface area (Å²) in [5.41, 5.74) is 3.55. The molecular formula is C29H40N2O3. The van der Waals surface area contributed by atoms with Gasteiger partial charge in [0.05, 0.1) is 0 Å². The first kappa shape index (κ1) is 25.8. The molecule has 1 aliphatic heterocycles. The Kier molecular flexibility index (Phi) is 7.74. The smallest absolute Gasteiger partial charge is 0.262 e. The van der Waals surface area contributed by atoms with Crippen molar-refractivity contribution in [2.75, 3.05) is 25.0 Å². The van der Waals surface area contributed by atoms with Crippen molar-refractivity contribution in [3.8, 4) is 5.75 Å². The topological polar surface area (TPSA) is 58.6 Å². The van der Waals surface area contributed by atoms with E-state index in [9.17, 15) is 9.59 Å². The van der Waals surface area contributed by atoms with Crippen molar-refractivity contribution >= 4 is 17.5 Å². The molecular weight excluding hydrogens is 424 g/mol. The Balaban J connectivity index is 1.60. The summed E-state index contributed by atoms with van der Waals surface area (Å²) >= 11 is 0. The molecule has 2 amide bonds. The SMILES string of the molecule is CC1CCN(C(=O)c2ccc(NC(=O)COc3ccc(C(C)(C)C)cc3C(C)(C)C)cc2)CC1. The van der Waals surface area contributed by atoms with Gasteiger partial charge in [0.25, 0.3) is 11.8 Å². The maximum absolute atomic E-state index is 12.7. The lowest BCUT2D eigenvalue weighted by atomic mass is 9.80. The highest BCUT2D eigenvalue weighted by atomic mass is 16.5. The van der Waals surface area contributed by atoms with Crippen LogP contribution in [0.15, 0.2) is 42.5 Å². The maximum Gasteiger partial charge on any atom is 0.262 e. The van der Waals surface area contributed by atoms with Crippen LogP contribution in [0.4, 0.5) is 5.69 Å². The number of nitrogens with zero attached hydrogens (tertiary/aromatic N) is 1. The second-order valence-electron chi connectivity index (χ2n) is 11.6. The lowest BCUT2D eigenvalue weighted by Gasteiger charge is -2.30. The fourth-order valence-corrected chi connectivity index (χ4v) is 4.14. The number of anilines is 1. The molecule has 5 nitrogen and oxygen atoms in total. The number of rotatable bonds is 5. The van der Waals surface area contributed by atoms with Gasteiger partial charge in [-0.1, -0.05) is 60.6 Å². The number of hydrogen-bond acceptors (Lipinski definition) is 3. The second kappa shape index (κ2) is 10.2. The van der Waals surface area contributed by atoms with Gasteiger partial charge in [-0.25, -0.2) is 0 Å². The fraction of sp³-hybridized carbons (Fsp3) is 0.517. The van der Waals surface area contributed by atoms with Crippen LogP contribution in [-0.2, 0) is 15.6 Å². The summed E-state index contributed by atoms with van der Waals surface area (Å²) < 4.78 is 5.94. The van der Waals surface area contributed by atoms with Crippen LogP contribution in [0.5, 0.6) is 5.75 Å². The van der Waals surface area contributed by atoms with Gasteiger partial charge in [-0.2, -0.15) is 0 Å². The number of piperidine rings is 1. The van der Waals surface area contributed by atoms with E-state index in [4.69, 9.17) is 4.74 Å². The molecule has 0 unspecified atom stereocenters. The number of ether oxygens (including phenoxy) is 1. The predicted octanol–water partition coefficient (Wildman–Crippen LogP) is 6.17. The van der Waals surface area contributed by atoms with Gasteiger partial charge in [0.15, 0.2) is 6.61 Å². The average Bonchev–Trinajstić information content (AvgIpc) is 2.77. The molecule has 0 radical (unpaired) electrons. The third-order valence-electron chi connectivity index (χ3n) is 6.50. The Morgan fingerprint density at radius 2 is 1.56 bits per heavy atom. The minimum atomic E-state index is -0.233. The van der Waals surface area contributed by atoms with Crippen LogP contribution in [0, 0.1) is 5.92 Å². The number of nitrogens with one attached hydrogen (secondary N) is 1.